The molecule has 24 heavy (non-hydrogen) atoms. The Morgan fingerprint density at radius 3 is 2.42 bits per heavy atom. The molecular weight excluding hydrogens is 396 g/mol. The molecule has 0 heterocycles. The number of amides is 1. The van der Waals surface area contributed by atoms with Crippen LogP contribution in [0, 0.1) is 0 Å². The molecule has 0 aliphatic carbocycles. The Labute approximate surface area is 149 Å². The fourth-order valence-electron chi connectivity index (χ4n) is 2.10. The number of benzene rings is 2. The maximum Gasteiger partial charge on any atom is 0.245 e. The molecular formula is C16H17BrN2O4S. The first-order valence-corrected chi connectivity index (χ1v) is 9.62. The molecule has 2 aromatic carbocycles. The van der Waals surface area contributed by atoms with Crippen molar-refractivity contribution in [3.63, 3.8) is 0 Å². The first-order chi connectivity index (χ1) is 11.3. The molecule has 8 heteroatoms. The molecule has 0 aliphatic rings. The van der Waals surface area contributed by atoms with Crippen molar-refractivity contribution >= 4 is 43.2 Å². The fourth-order valence-corrected chi connectivity index (χ4v) is 3.34. The van der Waals surface area contributed by atoms with E-state index in [0.29, 0.717) is 21.6 Å². The number of carbonyl (C=O) groups excluding carboxylic acids is 1. The van der Waals surface area contributed by atoms with E-state index in [9.17, 15) is 13.2 Å². The van der Waals surface area contributed by atoms with Gasteiger partial charge in [0.2, 0.25) is 15.9 Å². The lowest BCUT2D eigenvalue weighted by molar-refractivity contribution is -0.114. The van der Waals surface area contributed by atoms with E-state index < -0.39 is 15.9 Å². The molecule has 6 nitrogen and oxygen atoms in total. The minimum atomic E-state index is -3.67. The molecule has 0 fully saturated rings. The number of rotatable bonds is 6. The van der Waals surface area contributed by atoms with E-state index in [4.69, 9.17) is 4.74 Å². The molecule has 2 aromatic rings. The maximum absolute atomic E-state index is 12.3. The van der Waals surface area contributed by atoms with Crippen LogP contribution >= 0.6 is 15.9 Å². The van der Waals surface area contributed by atoms with E-state index in [1.807, 2.05) is 6.07 Å². The van der Waals surface area contributed by atoms with Crippen molar-refractivity contribution < 1.29 is 17.9 Å². The molecule has 2 rings (SSSR count). The second kappa shape index (κ2) is 7.67. The van der Waals surface area contributed by atoms with Gasteiger partial charge in [0.1, 0.15) is 12.3 Å². The van der Waals surface area contributed by atoms with Crippen LogP contribution in [-0.4, -0.2) is 34.2 Å². The highest BCUT2D eigenvalue weighted by Gasteiger charge is 2.23. The summed E-state index contributed by atoms with van der Waals surface area (Å²) in [4.78, 5) is 12.3. The molecule has 0 atom stereocenters. The Bertz CT molecular complexity index is 839. The number of hydrogen-bond acceptors (Lipinski definition) is 4. The fraction of sp³-hybridized carbons (Fsp3) is 0.188. The van der Waals surface area contributed by atoms with Gasteiger partial charge in [-0.05, 0) is 40.2 Å². The van der Waals surface area contributed by atoms with Gasteiger partial charge < -0.3 is 10.1 Å². The number of para-hydroxylation sites is 3. The molecule has 0 aliphatic heterocycles. The quantitative estimate of drug-likeness (QED) is 0.791. The van der Waals surface area contributed by atoms with Crippen molar-refractivity contribution in [2.75, 3.05) is 29.5 Å². The van der Waals surface area contributed by atoms with Crippen LogP contribution in [0.25, 0.3) is 0 Å². The van der Waals surface area contributed by atoms with E-state index in [2.05, 4.69) is 21.2 Å². The largest absolute Gasteiger partial charge is 0.495 e. The van der Waals surface area contributed by atoms with Crippen molar-refractivity contribution in [3.8, 4) is 5.75 Å². The minimum absolute atomic E-state index is 0.310. The number of ether oxygens (including phenoxy) is 1. The number of hydrogen-bond donors (Lipinski definition) is 1. The van der Waals surface area contributed by atoms with Crippen LogP contribution in [-0.2, 0) is 14.8 Å². The normalized spacial score (nSPS) is 11.0. The standard InChI is InChI=1S/C16H17BrN2O4S/c1-23-15-10-6-5-9-14(15)19(24(2,21)22)11-16(20)18-13-8-4-3-7-12(13)17/h3-10H,11H2,1-2H3,(H,18,20). The summed E-state index contributed by atoms with van der Waals surface area (Å²) < 4.78 is 31.2. The third-order valence-electron chi connectivity index (χ3n) is 3.19. The molecule has 0 radical (unpaired) electrons. The monoisotopic (exact) mass is 412 g/mol. The zero-order valence-corrected chi connectivity index (χ0v) is 15.6. The number of nitrogens with zero attached hydrogens (tertiary/aromatic N) is 1. The highest BCUT2D eigenvalue weighted by atomic mass is 79.9. The Kier molecular flexibility index (Phi) is 5.84. The van der Waals surface area contributed by atoms with Gasteiger partial charge >= 0.3 is 0 Å². The first kappa shape index (κ1) is 18.3. The molecule has 1 N–H and O–H groups in total. The summed E-state index contributed by atoms with van der Waals surface area (Å²) in [5.74, 6) is -0.0881. The molecule has 0 unspecified atom stereocenters. The number of methoxy groups -OCH3 is 1. The average molecular weight is 413 g/mol. The Morgan fingerprint density at radius 2 is 1.79 bits per heavy atom. The van der Waals surface area contributed by atoms with Gasteiger partial charge in [0.25, 0.3) is 0 Å². The average Bonchev–Trinajstić information content (AvgIpc) is 2.54. The summed E-state index contributed by atoms with van der Waals surface area (Å²) >= 11 is 3.33. The predicted molar refractivity (Wildman–Crippen MR) is 98.0 cm³/mol. The molecule has 0 bridgehead atoms. The first-order valence-electron chi connectivity index (χ1n) is 6.98. The van der Waals surface area contributed by atoms with Crippen LogP contribution < -0.4 is 14.4 Å². The summed E-state index contributed by atoms with van der Waals surface area (Å²) in [7, 11) is -2.22. The SMILES string of the molecule is COc1ccccc1N(CC(=O)Nc1ccccc1Br)S(C)(=O)=O. The van der Waals surface area contributed by atoms with Gasteiger partial charge in [0, 0.05) is 4.47 Å². The van der Waals surface area contributed by atoms with E-state index in [-0.39, 0.29) is 6.54 Å². The number of carbonyl (C=O) groups is 1. The zero-order chi connectivity index (χ0) is 17.7. The highest BCUT2D eigenvalue weighted by Crippen LogP contribution is 2.29. The Morgan fingerprint density at radius 1 is 1.17 bits per heavy atom. The van der Waals surface area contributed by atoms with E-state index in [0.717, 1.165) is 10.6 Å². The van der Waals surface area contributed by atoms with Gasteiger partial charge in [-0.2, -0.15) is 0 Å². The number of anilines is 2. The number of sulfonamides is 1. The van der Waals surface area contributed by atoms with Gasteiger partial charge in [-0.3, -0.25) is 9.10 Å². The van der Waals surface area contributed by atoms with Gasteiger partial charge in [0.05, 0.1) is 24.7 Å². The molecule has 1 amide bonds. The molecule has 0 aromatic heterocycles. The highest BCUT2D eigenvalue weighted by molar-refractivity contribution is 9.10. The minimum Gasteiger partial charge on any atom is -0.495 e. The Balaban J connectivity index is 2.27. The topological polar surface area (TPSA) is 75.7 Å². The van der Waals surface area contributed by atoms with E-state index in [1.54, 1.807) is 42.5 Å². The summed E-state index contributed by atoms with van der Waals surface area (Å²) in [6.45, 7) is -0.361. The summed E-state index contributed by atoms with van der Waals surface area (Å²) in [6.07, 6.45) is 1.05. The summed E-state index contributed by atoms with van der Waals surface area (Å²) in [5.41, 5.74) is 0.876. The van der Waals surface area contributed by atoms with Crippen molar-refractivity contribution in [2.24, 2.45) is 0 Å². The maximum atomic E-state index is 12.3. The smallest absolute Gasteiger partial charge is 0.245 e. The van der Waals surface area contributed by atoms with Crippen molar-refractivity contribution in [2.45, 2.75) is 0 Å². The second-order valence-corrected chi connectivity index (χ2v) is 7.73. The zero-order valence-electron chi connectivity index (χ0n) is 13.2. The van der Waals surface area contributed by atoms with Gasteiger partial charge in [0.15, 0.2) is 0 Å². The van der Waals surface area contributed by atoms with Gasteiger partial charge in [-0.1, -0.05) is 24.3 Å². The molecule has 0 spiro atoms. The lowest BCUT2D eigenvalue weighted by Gasteiger charge is -2.23. The lowest BCUT2D eigenvalue weighted by atomic mass is 10.3. The lowest BCUT2D eigenvalue weighted by Crippen LogP contribution is -2.37. The van der Waals surface area contributed by atoms with Gasteiger partial charge in [-0.15, -0.1) is 0 Å². The van der Waals surface area contributed by atoms with Crippen LogP contribution in [0.15, 0.2) is 53.0 Å². The van der Waals surface area contributed by atoms with Crippen LogP contribution in [0.5, 0.6) is 5.75 Å². The van der Waals surface area contributed by atoms with Crippen molar-refractivity contribution in [3.05, 3.63) is 53.0 Å². The van der Waals surface area contributed by atoms with Crippen molar-refractivity contribution in [1.82, 2.24) is 0 Å². The summed E-state index contributed by atoms with van der Waals surface area (Å²) in [5, 5.41) is 2.69. The van der Waals surface area contributed by atoms with Crippen LogP contribution in [0.2, 0.25) is 0 Å². The number of nitrogens with one attached hydrogen (secondary N) is 1. The van der Waals surface area contributed by atoms with E-state index >= 15 is 0 Å². The Hall–Kier alpha value is -2.06. The van der Waals surface area contributed by atoms with Gasteiger partial charge in [-0.25, -0.2) is 8.42 Å². The number of halogens is 1. The third-order valence-corrected chi connectivity index (χ3v) is 5.01. The predicted octanol–water partition coefficient (Wildman–Crippen LogP) is 2.86. The van der Waals surface area contributed by atoms with E-state index in [1.165, 1.54) is 7.11 Å². The second-order valence-electron chi connectivity index (χ2n) is 4.97. The third kappa shape index (κ3) is 4.48. The van der Waals surface area contributed by atoms with Crippen LogP contribution in [0.3, 0.4) is 0 Å². The summed E-state index contributed by atoms with van der Waals surface area (Å²) in [6, 6.07) is 13.7. The molecule has 128 valence electrons. The molecule has 0 saturated carbocycles. The van der Waals surface area contributed by atoms with Crippen LogP contribution in [0.1, 0.15) is 0 Å². The molecule has 0 saturated heterocycles. The van der Waals surface area contributed by atoms with Crippen LogP contribution in [0.4, 0.5) is 11.4 Å². The van der Waals surface area contributed by atoms with Crippen molar-refractivity contribution in [1.29, 1.82) is 0 Å².